The van der Waals surface area contributed by atoms with E-state index in [1.807, 2.05) is 20.2 Å². The molecule has 0 aliphatic heterocycles. The molecule has 0 bridgehead atoms. The van der Waals surface area contributed by atoms with Crippen LogP contribution in [0.25, 0.3) is 0 Å². The average Bonchev–Trinajstić information content (AvgIpc) is 2.76. The molecule has 0 unspecified atom stereocenters. The molecule has 2 heterocycles. The van der Waals surface area contributed by atoms with Crippen molar-refractivity contribution in [1.29, 1.82) is 0 Å². The zero-order chi connectivity index (χ0) is 10.7. The van der Waals surface area contributed by atoms with E-state index < -0.39 is 0 Å². The van der Waals surface area contributed by atoms with E-state index >= 15 is 0 Å². The number of rotatable bonds is 4. The second-order valence-electron chi connectivity index (χ2n) is 3.34. The van der Waals surface area contributed by atoms with Gasteiger partial charge in [-0.2, -0.15) is 0 Å². The van der Waals surface area contributed by atoms with Crippen LogP contribution in [0.2, 0.25) is 0 Å². The van der Waals surface area contributed by atoms with Crippen LogP contribution < -0.4 is 5.32 Å². The largest absolute Gasteiger partial charge is 0.305 e. The van der Waals surface area contributed by atoms with Crippen molar-refractivity contribution < 1.29 is 0 Å². The minimum absolute atomic E-state index is 0.727. The Morgan fingerprint density at radius 1 is 1.40 bits per heavy atom. The number of hydrogen-bond donors (Lipinski definition) is 1. The smallest absolute Gasteiger partial charge is 0.0964 e. The summed E-state index contributed by atoms with van der Waals surface area (Å²) < 4.78 is 1.70. The molecule has 0 fully saturated rings. The van der Waals surface area contributed by atoms with Crippen molar-refractivity contribution in [3.63, 3.8) is 0 Å². The predicted molar refractivity (Wildman–Crippen MR) is 58.4 cm³/mol. The summed E-state index contributed by atoms with van der Waals surface area (Å²) in [7, 11) is 1.86. The van der Waals surface area contributed by atoms with E-state index in [1.54, 1.807) is 16.0 Å². The van der Waals surface area contributed by atoms with Crippen molar-refractivity contribution in [1.82, 2.24) is 25.3 Å². The van der Waals surface area contributed by atoms with E-state index in [2.05, 4.69) is 26.0 Å². The van der Waals surface area contributed by atoms with Crippen molar-refractivity contribution in [3.05, 3.63) is 28.0 Å². The monoisotopic (exact) mass is 223 g/mol. The summed E-state index contributed by atoms with van der Waals surface area (Å²) in [6, 6.07) is 0. The van der Waals surface area contributed by atoms with Crippen LogP contribution >= 0.6 is 11.3 Å². The van der Waals surface area contributed by atoms with Crippen LogP contribution in [0.15, 0.2) is 11.6 Å². The molecule has 2 rings (SSSR count). The van der Waals surface area contributed by atoms with Gasteiger partial charge in [-0.1, -0.05) is 5.21 Å². The third kappa shape index (κ3) is 2.84. The maximum Gasteiger partial charge on any atom is 0.0964 e. The first-order valence-electron chi connectivity index (χ1n) is 4.71. The van der Waals surface area contributed by atoms with Gasteiger partial charge >= 0.3 is 0 Å². The molecular weight excluding hydrogens is 210 g/mol. The molecule has 80 valence electrons. The normalized spacial score (nSPS) is 10.8. The molecule has 0 saturated heterocycles. The molecule has 6 heteroatoms. The molecule has 0 aromatic carbocycles. The van der Waals surface area contributed by atoms with E-state index in [4.69, 9.17) is 0 Å². The van der Waals surface area contributed by atoms with E-state index in [-0.39, 0.29) is 0 Å². The van der Waals surface area contributed by atoms with Crippen molar-refractivity contribution in [2.75, 3.05) is 0 Å². The SMILES string of the molecule is Cc1nc(CNCc2cn(C)nn2)cs1. The summed E-state index contributed by atoms with van der Waals surface area (Å²) in [6.07, 6.45) is 1.90. The Labute approximate surface area is 92.2 Å². The fourth-order valence-electron chi connectivity index (χ4n) is 1.28. The van der Waals surface area contributed by atoms with Crippen LogP contribution in [0, 0.1) is 6.92 Å². The van der Waals surface area contributed by atoms with Crippen molar-refractivity contribution in [3.8, 4) is 0 Å². The first-order chi connectivity index (χ1) is 7.24. The minimum Gasteiger partial charge on any atom is -0.305 e. The molecule has 0 atom stereocenters. The van der Waals surface area contributed by atoms with Crippen LogP contribution in [0.4, 0.5) is 0 Å². The van der Waals surface area contributed by atoms with Gasteiger partial charge in [-0.3, -0.25) is 4.68 Å². The van der Waals surface area contributed by atoms with E-state index in [0.717, 1.165) is 29.5 Å². The lowest BCUT2D eigenvalue weighted by atomic mass is 10.4. The zero-order valence-electron chi connectivity index (χ0n) is 8.77. The Balaban J connectivity index is 1.80. The van der Waals surface area contributed by atoms with Gasteiger partial charge in [0.15, 0.2) is 0 Å². The Kier molecular flexibility index (Phi) is 3.08. The summed E-state index contributed by atoms with van der Waals surface area (Å²) in [6.45, 7) is 3.52. The fraction of sp³-hybridized carbons (Fsp3) is 0.444. The lowest BCUT2D eigenvalue weighted by molar-refractivity contribution is 0.665. The number of aryl methyl sites for hydroxylation is 2. The Bertz CT molecular complexity index is 393. The predicted octanol–water partition coefficient (Wildman–Crippen LogP) is 0.870. The zero-order valence-corrected chi connectivity index (χ0v) is 9.58. The van der Waals surface area contributed by atoms with E-state index in [9.17, 15) is 0 Å². The number of nitrogens with one attached hydrogen (secondary N) is 1. The second-order valence-corrected chi connectivity index (χ2v) is 4.41. The van der Waals surface area contributed by atoms with Gasteiger partial charge in [-0.05, 0) is 6.92 Å². The number of thiazole rings is 1. The molecule has 0 aliphatic carbocycles. The van der Waals surface area contributed by atoms with Gasteiger partial charge in [0, 0.05) is 31.7 Å². The average molecular weight is 223 g/mol. The van der Waals surface area contributed by atoms with Crippen molar-refractivity contribution in [2.45, 2.75) is 20.0 Å². The number of aromatic nitrogens is 4. The molecule has 2 aromatic heterocycles. The van der Waals surface area contributed by atoms with Crippen LogP contribution in [0.3, 0.4) is 0 Å². The molecule has 0 amide bonds. The number of nitrogens with zero attached hydrogens (tertiary/aromatic N) is 4. The molecule has 0 radical (unpaired) electrons. The van der Waals surface area contributed by atoms with E-state index in [0.29, 0.717) is 0 Å². The molecule has 5 nitrogen and oxygen atoms in total. The minimum atomic E-state index is 0.727. The highest BCUT2D eigenvalue weighted by molar-refractivity contribution is 7.09. The highest BCUT2D eigenvalue weighted by Crippen LogP contribution is 2.07. The molecular formula is C9H13N5S. The third-order valence-corrected chi connectivity index (χ3v) is 2.75. The number of hydrogen-bond acceptors (Lipinski definition) is 5. The van der Waals surface area contributed by atoms with Gasteiger partial charge in [0.05, 0.1) is 16.4 Å². The fourth-order valence-corrected chi connectivity index (χ4v) is 1.90. The molecule has 0 spiro atoms. The third-order valence-electron chi connectivity index (χ3n) is 1.93. The van der Waals surface area contributed by atoms with Crippen LogP contribution in [-0.2, 0) is 20.1 Å². The Morgan fingerprint density at radius 2 is 2.20 bits per heavy atom. The van der Waals surface area contributed by atoms with Gasteiger partial charge in [0.1, 0.15) is 0 Å². The van der Waals surface area contributed by atoms with Gasteiger partial charge < -0.3 is 5.32 Å². The molecule has 1 N–H and O–H groups in total. The van der Waals surface area contributed by atoms with Gasteiger partial charge in [0.25, 0.3) is 0 Å². The quantitative estimate of drug-likeness (QED) is 0.835. The molecule has 0 saturated carbocycles. The standard InChI is InChI=1S/C9H13N5S/c1-7-11-9(6-15-7)4-10-3-8-5-14(2)13-12-8/h5-6,10H,3-4H2,1-2H3. The van der Waals surface area contributed by atoms with Gasteiger partial charge in [0.2, 0.25) is 0 Å². The molecule has 2 aromatic rings. The van der Waals surface area contributed by atoms with Gasteiger partial charge in [-0.25, -0.2) is 4.98 Å². The van der Waals surface area contributed by atoms with Crippen LogP contribution in [0.1, 0.15) is 16.4 Å². The maximum atomic E-state index is 4.36. The summed E-state index contributed by atoms with van der Waals surface area (Å²) in [5, 5.41) is 14.3. The van der Waals surface area contributed by atoms with Crippen molar-refractivity contribution >= 4 is 11.3 Å². The summed E-state index contributed by atoms with van der Waals surface area (Å²) in [5.74, 6) is 0. The van der Waals surface area contributed by atoms with Crippen molar-refractivity contribution in [2.24, 2.45) is 7.05 Å². The first kappa shape index (κ1) is 10.3. The van der Waals surface area contributed by atoms with Crippen LogP contribution in [0.5, 0.6) is 0 Å². The first-order valence-corrected chi connectivity index (χ1v) is 5.59. The highest BCUT2D eigenvalue weighted by Gasteiger charge is 2.00. The highest BCUT2D eigenvalue weighted by atomic mass is 32.1. The molecule has 15 heavy (non-hydrogen) atoms. The summed E-state index contributed by atoms with van der Waals surface area (Å²) in [4.78, 5) is 4.36. The van der Waals surface area contributed by atoms with Crippen LogP contribution in [-0.4, -0.2) is 20.0 Å². The molecule has 0 aliphatic rings. The lowest BCUT2D eigenvalue weighted by Crippen LogP contribution is -2.13. The maximum absolute atomic E-state index is 4.36. The topological polar surface area (TPSA) is 55.6 Å². The summed E-state index contributed by atoms with van der Waals surface area (Å²) >= 11 is 1.67. The Morgan fingerprint density at radius 3 is 2.80 bits per heavy atom. The lowest BCUT2D eigenvalue weighted by Gasteiger charge is -1.97. The van der Waals surface area contributed by atoms with E-state index in [1.165, 1.54) is 0 Å². The Hall–Kier alpha value is -1.27. The van der Waals surface area contributed by atoms with Gasteiger partial charge in [-0.15, -0.1) is 16.4 Å². The summed E-state index contributed by atoms with van der Waals surface area (Å²) in [5.41, 5.74) is 2.03. The second kappa shape index (κ2) is 4.50.